The van der Waals surface area contributed by atoms with E-state index in [9.17, 15) is 9.59 Å². The fraction of sp³-hybridized carbons (Fsp3) is 0.250. The van der Waals surface area contributed by atoms with E-state index in [0.717, 1.165) is 5.56 Å². The van der Waals surface area contributed by atoms with Crippen LogP contribution in [-0.4, -0.2) is 27.3 Å². The van der Waals surface area contributed by atoms with Gasteiger partial charge in [-0.25, -0.2) is 5.43 Å². The predicted molar refractivity (Wildman–Crippen MR) is 84.4 cm³/mol. The second-order valence-corrected chi connectivity index (χ2v) is 5.26. The Balaban J connectivity index is 1.75. The van der Waals surface area contributed by atoms with Gasteiger partial charge in [-0.15, -0.1) is 0 Å². The van der Waals surface area contributed by atoms with Gasteiger partial charge in [0.25, 0.3) is 5.91 Å². The van der Waals surface area contributed by atoms with Crippen LogP contribution >= 0.6 is 0 Å². The van der Waals surface area contributed by atoms with Crippen molar-refractivity contribution in [3.8, 4) is 0 Å². The number of aromatic nitrogens is 2. The maximum atomic E-state index is 12.4. The van der Waals surface area contributed by atoms with Gasteiger partial charge >= 0.3 is 0 Å². The summed E-state index contributed by atoms with van der Waals surface area (Å²) in [6, 6.07) is 11.3. The molecular formula is C16H17N5O2. The Bertz CT molecular complexity index is 709. The molecule has 0 saturated carbocycles. The second-order valence-electron chi connectivity index (χ2n) is 5.26. The normalized spacial score (nSPS) is 15.5. The molecule has 7 heteroatoms. The summed E-state index contributed by atoms with van der Waals surface area (Å²) in [5.74, 6) is -0.441. The summed E-state index contributed by atoms with van der Waals surface area (Å²) >= 11 is 0. The molecule has 0 aliphatic carbocycles. The van der Waals surface area contributed by atoms with Crippen molar-refractivity contribution in [3.63, 3.8) is 0 Å². The van der Waals surface area contributed by atoms with E-state index in [2.05, 4.69) is 20.9 Å². The maximum Gasteiger partial charge on any atom is 0.268 e. The van der Waals surface area contributed by atoms with Crippen LogP contribution in [0.2, 0.25) is 0 Å². The molecule has 1 atom stereocenters. The molecule has 2 N–H and O–H groups in total. The maximum absolute atomic E-state index is 12.4. The molecule has 3 rings (SSSR count). The van der Waals surface area contributed by atoms with Crippen molar-refractivity contribution < 1.29 is 9.59 Å². The highest BCUT2D eigenvalue weighted by Gasteiger charge is 2.22. The van der Waals surface area contributed by atoms with E-state index in [0.29, 0.717) is 18.7 Å². The topological polar surface area (TPSA) is 88.4 Å². The van der Waals surface area contributed by atoms with E-state index < -0.39 is 0 Å². The van der Waals surface area contributed by atoms with Gasteiger partial charge in [-0.05, 0) is 11.6 Å². The van der Waals surface area contributed by atoms with Gasteiger partial charge in [0, 0.05) is 25.2 Å². The molecule has 0 bridgehead atoms. The van der Waals surface area contributed by atoms with Crippen molar-refractivity contribution in [2.75, 3.05) is 0 Å². The van der Waals surface area contributed by atoms with E-state index >= 15 is 0 Å². The molecule has 23 heavy (non-hydrogen) atoms. The summed E-state index contributed by atoms with van der Waals surface area (Å²) in [6.07, 6.45) is 4.17. The van der Waals surface area contributed by atoms with Gasteiger partial charge in [-0.3, -0.25) is 14.3 Å². The lowest BCUT2D eigenvalue weighted by Gasteiger charge is -2.20. The number of hydrogen-bond acceptors (Lipinski definition) is 4. The lowest BCUT2D eigenvalue weighted by molar-refractivity contribution is -0.121. The molecule has 2 heterocycles. The van der Waals surface area contributed by atoms with Gasteiger partial charge < -0.3 is 5.32 Å². The second kappa shape index (κ2) is 6.87. The van der Waals surface area contributed by atoms with Crippen LogP contribution < -0.4 is 10.7 Å². The van der Waals surface area contributed by atoms with Gasteiger partial charge in [-0.2, -0.15) is 10.2 Å². The summed E-state index contributed by atoms with van der Waals surface area (Å²) < 4.78 is 1.77. The summed E-state index contributed by atoms with van der Waals surface area (Å²) in [5, 5.41) is 11.0. The predicted octanol–water partition coefficient (Wildman–Crippen LogP) is 1.01. The number of amides is 2. The molecule has 0 saturated heterocycles. The van der Waals surface area contributed by atoms with Crippen LogP contribution in [0, 0.1) is 0 Å². The zero-order valence-electron chi connectivity index (χ0n) is 12.5. The number of nitrogens with one attached hydrogen (secondary N) is 2. The molecule has 0 fully saturated rings. The van der Waals surface area contributed by atoms with Gasteiger partial charge in [0.15, 0.2) is 0 Å². The van der Waals surface area contributed by atoms with Gasteiger partial charge in [0.2, 0.25) is 5.91 Å². The summed E-state index contributed by atoms with van der Waals surface area (Å²) in [5.41, 5.74) is 3.66. The molecule has 1 aromatic carbocycles. The fourth-order valence-electron chi connectivity index (χ4n) is 2.39. The van der Waals surface area contributed by atoms with Crippen molar-refractivity contribution in [1.29, 1.82) is 0 Å². The number of hydrogen-bond donors (Lipinski definition) is 2. The van der Waals surface area contributed by atoms with Gasteiger partial charge in [0.05, 0.1) is 12.6 Å². The highest BCUT2D eigenvalue weighted by atomic mass is 16.2. The average molecular weight is 311 g/mol. The van der Waals surface area contributed by atoms with Crippen molar-refractivity contribution in [1.82, 2.24) is 20.5 Å². The molecule has 1 aliphatic rings. The first kappa shape index (κ1) is 15.0. The number of carbonyl (C=O) groups excluding carboxylic acids is 2. The molecule has 1 unspecified atom stereocenters. The Morgan fingerprint density at radius 2 is 2.09 bits per heavy atom. The first-order valence-electron chi connectivity index (χ1n) is 7.41. The number of hydrazone groups is 1. The third kappa shape index (κ3) is 3.82. The molecule has 1 aliphatic heterocycles. The molecule has 0 radical (unpaired) electrons. The smallest absolute Gasteiger partial charge is 0.268 e. The molecule has 2 aromatic rings. The van der Waals surface area contributed by atoms with Gasteiger partial charge in [-0.1, -0.05) is 30.3 Å². The highest BCUT2D eigenvalue weighted by molar-refractivity contribution is 6.39. The van der Waals surface area contributed by atoms with Crippen LogP contribution in [0.1, 0.15) is 24.4 Å². The van der Waals surface area contributed by atoms with Crippen LogP contribution in [0.15, 0.2) is 53.9 Å². The monoisotopic (exact) mass is 311 g/mol. The Hall–Kier alpha value is -2.96. The molecule has 2 amide bonds. The van der Waals surface area contributed by atoms with E-state index in [1.807, 2.05) is 42.6 Å². The largest absolute Gasteiger partial charge is 0.342 e. The Morgan fingerprint density at radius 3 is 2.74 bits per heavy atom. The van der Waals surface area contributed by atoms with E-state index in [4.69, 9.17) is 0 Å². The summed E-state index contributed by atoms with van der Waals surface area (Å²) in [7, 11) is 0. The van der Waals surface area contributed by atoms with Crippen LogP contribution in [0.4, 0.5) is 0 Å². The third-order valence-electron chi connectivity index (χ3n) is 3.60. The first-order chi connectivity index (χ1) is 11.2. The van der Waals surface area contributed by atoms with E-state index in [1.165, 1.54) is 0 Å². The Morgan fingerprint density at radius 1 is 1.26 bits per heavy atom. The molecular weight excluding hydrogens is 294 g/mol. The fourth-order valence-corrected chi connectivity index (χ4v) is 2.39. The highest BCUT2D eigenvalue weighted by Crippen LogP contribution is 2.15. The Kier molecular flexibility index (Phi) is 4.46. The minimum absolute atomic E-state index is 0.169. The number of carbonyl (C=O) groups is 2. The Labute approximate surface area is 133 Å². The van der Waals surface area contributed by atoms with Crippen LogP contribution in [0.3, 0.4) is 0 Å². The zero-order valence-corrected chi connectivity index (χ0v) is 12.5. The summed E-state index contributed by atoms with van der Waals surface area (Å²) in [6.45, 7) is 0.516. The number of nitrogens with zero attached hydrogens (tertiary/aromatic N) is 3. The number of rotatable bonds is 5. The molecule has 7 nitrogen and oxygen atoms in total. The van der Waals surface area contributed by atoms with Crippen molar-refractivity contribution in [3.05, 3.63) is 54.4 Å². The zero-order chi connectivity index (χ0) is 16.1. The minimum Gasteiger partial charge on any atom is -0.342 e. The minimum atomic E-state index is -0.272. The van der Waals surface area contributed by atoms with Gasteiger partial charge in [0.1, 0.15) is 5.71 Å². The van der Waals surface area contributed by atoms with Crippen LogP contribution in [0.5, 0.6) is 0 Å². The van der Waals surface area contributed by atoms with Crippen molar-refractivity contribution >= 4 is 17.5 Å². The van der Waals surface area contributed by atoms with Crippen molar-refractivity contribution in [2.45, 2.75) is 25.4 Å². The average Bonchev–Trinajstić information content (AvgIpc) is 3.09. The van der Waals surface area contributed by atoms with Crippen LogP contribution in [-0.2, 0) is 16.1 Å². The summed E-state index contributed by atoms with van der Waals surface area (Å²) in [4.78, 5) is 23.5. The van der Waals surface area contributed by atoms with E-state index in [-0.39, 0.29) is 24.3 Å². The van der Waals surface area contributed by atoms with Crippen LogP contribution in [0.25, 0.3) is 0 Å². The molecule has 0 spiro atoms. The standard InChI is InChI=1S/C16H17N5O2/c22-15-8-7-13(19-20-15)16(23)18-14(11-21-10-4-9-17-21)12-5-2-1-3-6-12/h1-6,9-10,14H,7-8,11H2,(H,18,23)(H,20,22). The number of benzene rings is 1. The molecule has 118 valence electrons. The third-order valence-corrected chi connectivity index (χ3v) is 3.60. The quantitative estimate of drug-likeness (QED) is 0.863. The van der Waals surface area contributed by atoms with E-state index in [1.54, 1.807) is 10.9 Å². The molecule has 1 aromatic heterocycles. The lowest BCUT2D eigenvalue weighted by atomic mass is 10.1. The first-order valence-corrected chi connectivity index (χ1v) is 7.41. The SMILES string of the molecule is O=C1CCC(C(=O)NC(Cn2cccn2)c2ccccc2)=NN1. The van der Waals surface area contributed by atoms with Crippen molar-refractivity contribution in [2.24, 2.45) is 5.10 Å². The lowest BCUT2D eigenvalue weighted by Crippen LogP contribution is -2.39.